The molecule has 0 amide bonds. The molecule has 0 radical (unpaired) electrons. The highest BCUT2D eigenvalue weighted by molar-refractivity contribution is 5.97. The first kappa shape index (κ1) is 28.2. The number of cyclic esters (lactones) is 1. The van der Waals surface area contributed by atoms with Crippen LogP contribution in [0.1, 0.15) is 73.6 Å². The number of aliphatic hydroxyl groups is 1. The molecule has 228 valence electrons. The Labute approximate surface area is 243 Å². The molecule has 0 aromatic carbocycles. The largest absolute Gasteiger partial charge is 0.462 e. The van der Waals surface area contributed by atoms with Gasteiger partial charge >= 0.3 is 17.9 Å². The average molecular weight is 587 g/mol. The van der Waals surface area contributed by atoms with Crippen molar-refractivity contribution in [1.82, 2.24) is 0 Å². The Balaban J connectivity index is 1.39. The van der Waals surface area contributed by atoms with E-state index in [4.69, 9.17) is 23.7 Å². The molecule has 5 heterocycles. The molecular weight excluding hydrogens is 548 g/mol. The van der Waals surface area contributed by atoms with Crippen LogP contribution in [-0.4, -0.2) is 75.5 Å². The van der Waals surface area contributed by atoms with Gasteiger partial charge in [-0.2, -0.15) is 0 Å². The lowest BCUT2D eigenvalue weighted by molar-refractivity contribution is -0.265. The molecule has 2 bridgehead atoms. The fourth-order valence-electron chi connectivity index (χ4n) is 10.3. The quantitative estimate of drug-likeness (QED) is 0.373. The van der Waals surface area contributed by atoms with Gasteiger partial charge in [0.05, 0.1) is 23.5 Å². The van der Waals surface area contributed by atoms with Crippen LogP contribution in [0.5, 0.6) is 0 Å². The van der Waals surface area contributed by atoms with E-state index in [0.717, 1.165) is 0 Å². The van der Waals surface area contributed by atoms with Crippen molar-refractivity contribution >= 4 is 29.5 Å². The number of hydrogen-bond acceptors (Lipinski definition) is 11. The summed E-state index contributed by atoms with van der Waals surface area (Å²) in [6.07, 6.45) is -0.0696. The first-order valence-corrected chi connectivity index (χ1v) is 15.0. The molecule has 0 aromatic heterocycles. The molecule has 0 unspecified atom stereocenters. The fraction of sp³-hybridized carbons (Fsp3) is 0.774. The van der Waals surface area contributed by atoms with Crippen molar-refractivity contribution in [1.29, 1.82) is 0 Å². The number of hydrogen-bond donors (Lipinski definition) is 1. The number of ether oxygens (including phenoxy) is 5. The Hall–Kier alpha value is -2.63. The normalized spacial score (nSPS) is 51.9. The number of fused-ring (bicyclic) bond motifs is 3. The maximum atomic E-state index is 14.7. The number of carbonyl (C=O) groups excluding carboxylic acids is 5. The summed E-state index contributed by atoms with van der Waals surface area (Å²) >= 11 is 0. The number of carbonyl (C=O) groups is 5. The summed E-state index contributed by atoms with van der Waals surface area (Å²) in [5.41, 5.74) is -4.12. The molecular formula is C31H38O11. The van der Waals surface area contributed by atoms with Crippen molar-refractivity contribution in [3.63, 3.8) is 0 Å². The Bertz CT molecular complexity index is 1370. The van der Waals surface area contributed by atoms with E-state index in [1.807, 2.05) is 13.8 Å². The number of esters is 3. The number of rotatable bonds is 2. The molecule has 7 rings (SSSR count). The van der Waals surface area contributed by atoms with Crippen molar-refractivity contribution in [2.24, 2.45) is 35.0 Å². The zero-order chi connectivity index (χ0) is 30.4. The van der Waals surface area contributed by atoms with E-state index in [-0.39, 0.29) is 37.9 Å². The summed E-state index contributed by atoms with van der Waals surface area (Å²) in [5.74, 6) is -8.62. The van der Waals surface area contributed by atoms with E-state index in [0.29, 0.717) is 5.57 Å². The van der Waals surface area contributed by atoms with E-state index in [1.54, 1.807) is 26.8 Å². The van der Waals surface area contributed by atoms with Crippen molar-refractivity contribution in [3.05, 3.63) is 11.6 Å². The first-order valence-electron chi connectivity index (χ1n) is 15.0. The SMILES string of the molecule is CC(=O)O[C@H]1C[C@H]2C(C)(C)O[C@@H]3CC(=O)O[C@@]32C[C@]23CC[C@]4(C)C(=O)[C@@H](C)[C@H]([C@@H]5C=C(C)C(=O)O5)[C@@H]4[C@](O)(O2)C(=O)[C@H]13. The Kier molecular flexibility index (Phi) is 5.56. The highest BCUT2D eigenvalue weighted by Gasteiger charge is 2.81. The molecule has 42 heavy (non-hydrogen) atoms. The summed E-state index contributed by atoms with van der Waals surface area (Å²) in [6.45, 7) is 10.2. The van der Waals surface area contributed by atoms with Gasteiger partial charge in [-0.05, 0) is 46.1 Å². The van der Waals surface area contributed by atoms with E-state index < -0.39 is 99.6 Å². The number of ketones is 2. The minimum Gasteiger partial charge on any atom is -0.462 e. The minimum absolute atomic E-state index is 0.0360. The third-order valence-corrected chi connectivity index (χ3v) is 11.8. The Morgan fingerprint density at radius 1 is 1.10 bits per heavy atom. The van der Waals surface area contributed by atoms with Gasteiger partial charge < -0.3 is 28.8 Å². The lowest BCUT2D eigenvalue weighted by atomic mass is 9.62. The predicted molar refractivity (Wildman–Crippen MR) is 140 cm³/mol. The third-order valence-electron chi connectivity index (χ3n) is 11.8. The average Bonchev–Trinajstić information content (AvgIpc) is 3.50. The molecule has 0 aromatic rings. The molecule has 4 saturated heterocycles. The van der Waals surface area contributed by atoms with Gasteiger partial charge in [0.25, 0.3) is 0 Å². The topological polar surface area (TPSA) is 152 Å². The zero-order valence-electron chi connectivity index (χ0n) is 24.8. The lowest BCUT2D eigenvalue weighted by Gasteiger charge is -2.41. The zero-order valence-corrected chi connectivity index (χ0v) is 24.8. The van der Waals surface area contributed by atoms with Crippen molar-refractivity contribution in [2.75, 3.05) is 0 Å². The second kappa shape index (κ2) is 8.30. The van der Waals surface area contributed by atoms with Crippen LogP contribution >= 0.6 is 0 Å². The smallest absolute Gasteiger partial charge is 0.334 e. The van der Waals surface area contributed by atoms with Crippen LogP contribution < -0.4 is 0 Å². The van der Waals surface area contributed by atoms with Crippen LogP contribution in [0.3, 0.4) is 0 Å². The fourth-order valence-corrected chi connectivity index (χ4v) is 10.3. The van der Waals surface area contributed by atoms with Crippen LogP contribution in [0.15, 0.2) is 11.6 Å². The summed E-state index contributed by atoms with van der Waals surface area (Å²) in [7, 11) is 0. The Morgan fingerprint density at radius 3 is 2.45 bits per heavy atom. The van der Waals surface area contributed by atoms with Gasteiger partial charge in [-0.15, -0.1) is 0 Å². The molecule has 1 N–H and O–H groups in total. The lowest BCUT2D eigenvalue weighted by Crippen LogP contribution is -2.55. The van der Waals surface area contributed by atoms with Crippen LogP contribution in [0.4, 0.5) is 0 Å². The molecule has 12 atom stereocenters. The van der Waals surface area contributed by atoms with Crippen LogP contribution in [-0.2, 0) is 47.7 Å². The molecule has 5 aliphatic heterocycles. The third kappa shape index (κ3) is 3.30. The maximum Gasteiger partial charge on any atom is 0.334 e. The second-order valence-corrected chi connectivity index (χ2v) is 14.5. The van der Waals surface area contributed by atoms with Gasteiger partial charge in [-0.25, -0.2) is 4.79 Å². The Morgan fingerprint density at radius 2 is 1.81 bits per heavy atom. The molecule has 11 nitrogen and oxygen atoms in total. The van der Waals surface area contributed by atoms with Crippen molar-refractivity contribution in [2.45, 2.75) is 115 Å². The summed E-state index contributed by atoms with van der Waals surface area (Å²) in [4.78, 5) is 66.3. The first-order chi connectivity index (χ1) is 19.5. The highest BCUT2D eigenvalue weighted by atomic mass is 16.7. The van der Waals surface area contributed by atoms with Crippen LogP contribution in [0, 0.1) is 35.0 Å². The highest BCUT2D eigenvalue weighted by Crippen LogP contribution is 2.68. The predicted octanol–water partition coefficient (Wildman–Crippen LogP) is 1.96. The summed E-state index contributed by atoms with van der Waals surface area (Å²) in [5, 5.41) is 12.5. The summed E-state index contributed by atoms with van der Waals surface area (Å²) in [6, 6.07) is 0. The monoisotopic (exact) mass is 586 g/mol. The van der Waals surface area contributed by atoms with E-state index in [1.165, 1.54) is 6.92 Å². The molecule has 2 aliphatic carbocycles. The summed E-state index contributed by atoms with van der Waals surface area (Å²) < 4.78 is 30.7. The van der Waals surface area contributed by atoms with E-state index >= 15 is 0 Å². The van der Waals surface area contributed by atoms with Crippen molar-refractivity contribution < 1.29 is 52.8 Å². The van der Waals surface area contributed by atoms with Crippen LogP contribution in [0.2, 0.25) is 0 Å². The minimum atomic E-state index is -2.44. The molecule has 2 saturated carbocycles. The van der Waals surface area contributed by atoms with Gasteiger partial charge in [-0.3, -0.25) is 19.2 Å². The second-order valence-electron chi connectivity index (χ2n) is 14.5. The van der Waals surface area contributed by atoms with Gasteiger partial charge in [0.1, 0.15) is 29.7 Å². The van der Waals surface area contributed by atoms with Gasteiger partial charge in [0, 0.05) is 48.0 Å². The molecule has 6 fully saturated rings. The molecule has 11 heteroatoms. The van der Waals surface area contributed by atoms with Crippen LogP contribution in [0.25, 0.3) is 0 Å². The standard InChI is InChI=1S/C31H38O11/c1-13-9-16(39-26(13)36)21-14(2)24(34)28(6)7-8-29-12-30-18(27(4,5)40-19(30)11-20(33)41-30)10-17(38-15(3)32)22(29)25(35)31(37,42-29)23(21)28/h9,14,16-19,21-23,37H,7-8,10-12H2,1-6H3/t14-,16-,17-,18-,19+,21+,22-,23-,28-,29-,30+,31-/m0/s1. The number of Topliss-reactive ketones (excluding diaryl/α,β-unsaturated/α-hetero) is 2. The van der Waals surface area contributed by atoms with Crippen molar-refractivity contribution in [3.8, 4) is 0 Å². The van der Waals surface area contributed by atoms with Gasteiger partial charge in [-0.1, -0.05) is 13.8 Å². The van der Waals surface area contributed by atoms with Gasteiger partial charge in [0.2, 0.25) is 11.6 Å². The van der Waals surface area contributed by atoms with E-state index in [2.05, 4.69) is 0 Å². The molecule has 2 spiro atoms. The molecule has 7 aliphatic rings. The van der Waals surface area contributed by atoms with Gasteiger partial charge in [0.15, 0.2) is 0 Å². The van der Waals surface area contributed by atoms with E-state index in [9.17, 15) is 29.1 Å². The maximum absolute atomic E-state index is 14.7.